The number of hydrogen-bond donors (Lipinski definition) is 0. The molecule has 0 N–H and O–H groups in total. The van der Waals surface area contributed by atoms with Gasteiger partial charge >= 0.3 is 0 Å². The van der Waals surface area contributed by atoms with Gasteiger partial charge in [0.15, 0.2) is 0 Å². The molecule has 0 aromatic rings. The van der Waals surface area contributed by atoms with Gasteiger partial charge in [-0.1, -0.05) is 40.3 Å². The largest absolute Gasteiger partial charge is 0.103 e. The van der Waals surface area contributed by atoms with Crippen molar-refractivity contribution >= 4 is 22.6 Å². The molecule has 1 aliphatic carbocycles. The Kier molecular flexibility index (Phi) is 4.20. The van der Waals surface area contributed by atoms with Crippen LogP contribution in [0.5, 0.6) is 0 Å². The van der Waals surface area contributed by atoms with Crippen molar-refractivity contribution in [1.29, 1.82) is 0 Å². The second kappa shape index (κ2) is 4.96. The van der Waals surface area contributed by atoms with E-state index in [1.807, 2.05) is 6.08 Å². The SMILES string of the molecule is C=CC/C(=C\CCI)C1CC1. The summed E-state index contributed by atoms with van der Waals surface area (Å²) in [7, 11) is 0. The summed E-state index contributed by atoms with van der Waals surface area (Å²) in [6, 6.07) is 0. The number of hydrogen-bond acceptors (Lipinski definition) is 0. The van der Waals surface area contributed by atoms with Crippen molar-refractivity contribution in [3.8, 4) is 0 Å². The fourth-order valence-electron chi connectivity index (χ4n) is 1.28. The average molecular weight is 262 g/mol. The molecule has 0 amide bonds. The van der Waals surface area contributed by atoms with Gasteiger partial charge in [-0.15, -0.1) is 6.58 Å². The molecule has 0 radical (unpaired) electrons. The van der Waals surface area contributed by atoms with Crippen LogP contribution in [-0.2, 0) is 0 Å². The molecule has 0 heterocycles. The van der Waals surface area contributed by atoms with E-state index in [9.17, 15) is 0 Å². The summed E-state index contributed by atoms with van der Waals surface area (Å²) in [5, 5.41) is 0. The monoisotopic (exact) mass is 262 g/mol. The van der Waals surface area contributed by atoms with Crippen LogP contribution in [0.15, 0.2) is 24.3 Å². The number of alkyl halides is 1. The highest BCUT2D eigenvalue weighted by Crippen LogP contribution is 2.38. The van der Waals surface area contributed by atoms with Crippen LogP contribution in [0.4, 0.5) is 0 Å². The van der Waals surface area contributed by atoms with Crippen molar-refractivity contribution in [2.24, 2.45) is 5.92 Å². The van der Waals surface area contributed by atoms with Gasteiger partial charge in [-0.3, -0.25) is 0 Å². The zero-order chi connectivity index (χ0) is 8.10. The minimum atomic E-state index is 0.927. The first-order valence-electron chi connectivity index (χ1n) is 4.24. The first-order valence-corrected chi connectivity index (χ1v) is 5.76. The fourth-order valence-corrected chi connectivity index (χ4v) is 1.59. The maximum absolute atomic E-state index is 3.78. The van der Waals surface area contributed by atoms with Crippen LogP contribution < -0.4 is 0 Å². The lowest BCUT2D eigenvalue weighted by Crippen LogP contribution is -1.84. The summed E-state index contributed by atoms with van der Waals surface area (Å²) in [5.74, 6) is 0.927. The Morgan fingerprint density at radius 2 is 2.27 bits per heavy atom. The predicted octanol–water partition coefficient (Wildman–Crippen LogP) is 3.72. The Morgan fingerprint density at radius 3 is 2.73 bits per heavy atom. The summed E-state index contributed by atoms with van der Waals surface area (Å²) in [4.78, 5) is 0. The Labute approximate surface area is 82.9 Å². The molecule has 1 saturated carbocycles. The topological polar surface area (TPSA) is 0 Å². The third-order valence-corrected chi connectivity index (χ3v) is 2.62. The minimum absolute atomic E-state index is 0.927. The summed E-state index contributed by atoms with van der Waals surface area (Å²) >= 11 is 2.42. The smallest absolute Gasteiger partial charge is 0.00300 e. The van der Waals surface area contributed by atoms with E-state index in [-0.39, 0.29) is 0 Å². The number of rotatable bonds is 5. The molecule has 62 valence electrons. The zero-order valence-corrected chi connectivity index (χ0v) is 9.01. The summed E-state index contributed by atoms with van der Waals surface area (Å²) in [5.41, 5.74) is 1.64. The number of allylic oxidation sites excluding steroid dienone is 3. The predicted molar refractivity (Wildman–Crippen MR) is 59.1 cm³/mol. The third kappa shape index (κ3) is 3.41. The molecule has 1 rings (SSSR count). The van der Waals surface area contributed by atoms with Gasteiger partial charge in [0, 0.05) is 4.43 Å². The molecule has 0 unspecified atom stereocenters. The van der Waals surface area contributed by atoms with Gasteiger partial charge in [0.25, 0.3) is 0 Å². The van der Waals surface area contributed by atoms with Crippen LogP contribution >= 0.6 is 22.6 Å². The highest BCUT2D eigenvalue weighted by molar-refractivity contribution is 14.1. The van der Waals surface area contributed by atoms with Gasteiger partial charge in [0.1, 0.15) is 0 Å². The molecule has 0 atom stereocenters. The van der Waals surface area contributed by atoms with Gasteiger partial charge in [0.2, 0.25) is 0 Å². The van der Waals surface area contributed by atoms with E-state index in [4.69, 9.17) is 0 Å². The molecular weight excluding hydrogens is 247 g/mol. The maximum Gasteiger partial charge on any atom is 0.00300 e. The van der Waals surface area contributed by atoms with E-state index >= 15 is 0 Å². The second-order valence-electron chi connectivity index (χ2n) is 3.02. The van der Waals surface area contributed by atoms with Crippen molar-refractivity contribution in [3.05, 3.63) is 24.3 Å². The van der Waals surface area contributed by atoms with E-state index in [1.165, 1.54) is 23.7 Å². The molecular formula is C10H15I. The zero-order valence-electron chi connectivity index (χ0n) is 6.85. The Morgan fingerprint density at radius 1 is 1.55 bits per heavy atom. The fraction of sp³-hybridized carbons (Fsp3) is 0.600. The average Bonchev–Trinajstić information content (AvgIpc) is 2.80. The third-order valence-electron chi connectivity index (χ3n) is 2.00. The van der Waals surface area contributed by atoms with E-state index in [0.29, 0.717) is 0 Å². The maximum atomic E-state index is 3.78. The van der Waals surface area contributed by atoms with E-state index in [2.05, 4.69) is 35.2 Å². The lowest BCUT2D eigenvalue weighted by atomic mass is 10.1. The van der Waals surface area contributed by atoms with Gasteiger partial charge in [-0.2, -0.15) is 0 Å². The molecule has 0 aromatic heterocycles. The van der Waals surface area contributed by atoms with Crippen molar-refractivity contribution in [1.82, 2.24) is 0 Å². The number of halogens is 1. The second-order valence-corrected chi connectivity index (χ2v) is 4.10. The van der Waals surface area contributed by atoms with Crippen LogP contribution in [0.1, 0.15) is 25.7 Å². The van der Waals surface area contributed by atoms with Gasteiger partial charge in [0.05, 0.1) is 0 Å². The molecule has 11 heavy (non-hydrogen) atoms. The van der Waals surface area contributed by atoms with E-state index in [0.717, 1.165) is 12.3 Å². The molecule has 1 heteroatoms. The first-order chi connectivity index (χ1) is 5.38. The quantitative estimate of drug-likeness (QED) is 0.402. The molecule has 0 aliphatic heterocycles. The standard InChI is InChI=1S/C10H15I/c1-2-4-9(5-3-8-11)10-6-7-10/h2,5,10H,1,3-4,6-8H2/b9-5+. The van der Waals surface area contributed by atoms with Crippen LogP contribution in [0, 0.1) is 5.92 Å². The lowest BCUT2D eigenvalue weighted by molar-refractivity contribution is 0.936. The normalized spacial score (nSPS) is 18.5. The summed E-state index contributed by atoms with van der Waals surface area (Å²) in [6.45, 7) is 3.78. The lowest BCUT2D eigenvalue weighted by Gasteiger charge is -2.00. The summed E-state index contributed by atoms with van der Waals surface area (Å²) < 4.78 is 1.24. The Balaban J connectivity index is 2.36. The molecule has 0 nitrogen and oxygen atoms in total. The molecule has 0 spiro atoms. The van der Waals surface area contributed by atoms with Crippen molar-refractivity contribution in [2.75, 3.05) is 4.43 Å². The van der Waals surface area contributed by atoms with Gasteiger partial charge < -0.3 is 0 Å². The van der Waals surface area contributed by atoms with Gasteiger partial charge in [-0.25, -0.2) is 0 Å². The van der Waals surface area contributed by atoms with Crippen molar-refractivity contribution < 1.29 is 0 Å². The van der Waals surface area contributed by atoms with Crippen LogP contribution in [0.2, 0.25) is 0 Å². The van der Waals surface area contributed by atoms with Crippen molar-refractivity contribution in [3.63, 3.8) is 0 Å². The van der Waals surface area contributed by atoms with Crippen LogP contribution in [0.3, 0.4) is 0 Å². The van der Waals surface area contributed by atoms with Crippen LogP contribution in [-0.4, -0.2) is 4.43 Å². The molecule has 0 saturated heterocycles. The first kappa shape index (κ1) is 9.30. The Bertz CT molecular complexity index is 154. The van der Waals surface area contributed by atoms with Crippen LogP contribution in [0.25, 0.3) is 0 Å². The molecule has 0 bridgehead atoms. The highest BCUT2D eigenvalue weighted by Gasteiger charge is 2.24. The molecule has 0 aromatic carbocycles. The van der Waals surface area contributed by atoms with E-state index in [1.54, 1.807) is 5.57 Å². The van der Waals surface area contributed by atoms with Crippen molar-refractivity contribution in [2.45, 2.75) is 25.7 Å². The molecule has 1 fully saturated rings. The van der Waals surface area contributed by atoms with Gasteiger partial charge in [-0.05, 0) is 31.6 Å². The molecule has 1 aliphatic rings. The highest BCUT2D eigenvalue weighted by atomic mass is 127. The minimum Gasteiger partial charge on any atom is -0.103 e. The van der Waals surface area contributed by atoms with E-state index < -0.39 is 0 Å². The summed E-state index contributed by atoms with van der Waals surface area (Å²) in [6.07, 6.45) is 9.62. The Hall–Kier alpha value is 0.210.